The van der Waals surface area contributed by atoms with Gasteiger partial charge in [-0.1, -0.05) is 43.4 Å². The minimum atomic E-state index is -0.664. The number of benzene rings is 1. The van der Waals surface area contributed by atoms with Crippen molar-refractivity contribution in [1.82, 2.24) is 0 Å². The molecule has 0 atom stereocenters. The number of carbonyl (C=O) groups is 1. The van der Waals surface area contributed by atoms with Gasteiger partial charge in [0.25, 0.3) is 0 Å². The van der Waals surface area contributed by atoms with Crippen LogP contribution in [0, 0.1) is 5.41 Å². The van der Waals surface area contributed by atoms with Gasteiger partial charge in [0.15, 0.2) is 0 Å². The highest BCUT2D eigenvalue weighted by Gasteiger charge is 2.59. The lowest BCUT2D eigenvalue weighted by molar-refractivity contribution is -0.147. The van der Waals surface area contributed by atoms with Crippen molar-refractivity contribution in [2.75, 3.05) is 0 Å². The summed E-state index contributed by atoms with van der Waals surface area (Å²) in [6, 6.07) is 7.54. The molecule has 0 heterocycles. The van der Waals surface area contributed by atoms with Crippen LogP contribution in [0.5, 0.6) is 0 Å². The molecule has 2 fully saturated rings. The molecule has 114 valence electrons. The van der Waals surface area contributed by atoms with E-state index in [0.29, 0.717) is 10.4 Å². The first-order valence-electron chi connectivity index (χ1n) is 7.72. The molecule has 0 amide bonds. The topological polar surface area (TPSA) is 37.3 Å². The first kappa shape index (κ1) is 15.2. The van der Waals surface area contributed by atoms with E-state index in [0.717, 1.165) is 17.7 Å². The normalized spacial score (nSPS) is 23.3. The van der Waals surface area contributed by atoms with Crippen LogP contribution >= 0.6 is 23.4 Å². The fraction of sp³-hybridized carbons (Fsp3) is 0.588. The number of carboxylic acid groups (broad SMARTS) is 1. The predicted octanol–water partition coefficient (Wildman–Crippen LogP) is 5.39. The van der Waals surface area contributed by atoms with E-state index in [1.807, 2.05) is 24.3 Å². The van der Waals surface area contributed by atoms with Crippen molar-refractivity contribution >= 4 is 29.3 Å². The summed E-state index contributed by atoms with van der Waals surface area (Å²) in [7, 11) is 0. The zero-order valence-electron chi connectivity index (χ0n) is 12.1. The molecule has 2 aliphatic rings. The lowest BCUT2D eigenvalue weighted by Gasteiger charge is -2.53. The third-order valence-corrected chi connectivity index (χ3v) is 6.56. The van der Waals surface area contributed by atoms with Crippen LogP contribution in [0.3, 0.4) is 0 Å². The minimum Gasteiger partial charge on any atom is -0.480 e. The Labute approximate surface area is 135 Å². The van der Waals surface area contributed by atoms with Gasteiger partial charge in [-0.25, -0.2) is 0 Å². The maximum Gasteiger partial charge on any atom is 0.320 e. The summed E-state index contributed by atoms with van der Waals surface area (Å²) < 4.78 is -0.644. The molecule has 4 heteroatoms. The summed E-state index contributed by atoms with van der Waals surface area (Å²) in [6.45, 7) is 0. The molecule has 0 bridgehead atoms. The Morgan fingerprint density at radius 1 is 1.14 bits per heavy atom. The standard InChI is InChI=1S/C17H21ClO2S/c18-13-6-5-7-14(10-13)21-17(15(19)20)11-16(12-17)8-3-1-2-4-9-16/h5-7,10H,1-4,8-9,11-12H2,(H,19,20). The Bertz CT molecular complexity index is 527. The summed E-state index contributed by atoms with van der Waals surface area (Å²) >= 11 is 7.51. The van der Waals surface area contributed by atoms with Crippen molar-refractivity contribution in [2.45, 2.75) is 61.0 Å². The van der Waals surface area contributed by atoms with Gasteiger partial charge >= 0.3 is 5.97 Å². The Kier molecular flexibility index (Phi) is 4.24. The van der Waals surface area contributed by atoms with E-state index in [1.165, 1.54) is 50.3 Å². The highest BCUT2D eigenvalue weighted by molar-refractivity contribution is 8.01. The van der Waals surface area contributed by atoms with Crippen molar-refractivity contribution in [3.8, 4) is 0 Å². The lowest BCUT2D eigenvalue weighted by Crippen LogP contribution is -2.54. The fourth-order valence-corrected chi connectivity index (χ4v) is 5.90. The molecule has 0 radical (unpaired) electrons. The molecule has 1 spiro atoms. The summed E-state index contributed by atoms with van der Waals surface area (Å²) in [5.41, 5.74) is 0.292. The Morgan fingerprint density at radius 2 is 1.81 bits per heavy atom. The molecular weight excluding hydrogens is 304 g/mol. The maximum absolute atomic E-state index is 11.9. The largest absolute Gasteiger partial charge is 0.480 e. The molecule has 2 nitrogen and oxygen atoms in total. The van der Waals surface area contributed by atoms with Gasteiger partial charge in [0, 0.05) is 9.92 Å². The number of thioether (sulfide) groups is 1. The van der Waals surface area contributed by atoms with E-state index < -0.39 is 10.7 Å². The third-order valence-electron chi connectivity index (χ3n) is 4.98. The Morgan fingerprint density at radius 3 is 2.38 bits per heavy atom. The zero-order chi connectivity index (χ0) is 14.9. The van der Waals surface area contributed by atoms with Gasteiger partial charge in [-0.3, -0.25) is 4.79 Å². The number of halogens is 1. The fourth-order valence-electron chi connectivity index (χ4n) is 4.01. The summed E-state index contributed by atoms with van der Waals surface area (Å²) in [4.78, 5) is 12.8. The second-order valence-electron chi connectivity index (χ2n) is 6.63. The van der Waals surface area contributed by atoms with Crippen LogP contribution < -0.4 is 0 Å². The molecule has 2 saturated carbocycles. The van der Waals surface area contributed by atoms with Crippen LogP contribution in [0.15, 0.2) is 29.2 Å². The van der Waals surface area contributed by atoms with Gasteiger partial charge in [0.05, 0.1) is 0 Å². The average molecular weight is 325 g/mol. The molecule has 1 N–H and O–H groups in total. The highest BCUT2D eigenvalue weighted by atomic mass is 35.5. The average Bonchev–Trinajstić information content (AvgIpc) is 2.63. The highest BCUT2D eigenvalue weighted by Crippen LogP contribution is 2.62. The van der Waals surface area contributed by atoms with E-state index in [-0.39, 0.29) is 0 Å². The summed E-state index contributed by atoms with van der Waals surface area (Å²) in [5, 5.41) is 10.4. The Balaban J connectivity index is 1.75. The van der Waals surface area contributed by atoms with E-state index in [9.17, 15) is 9.90 Å². The van der Waals surface area contributed by atoms with E-state index >= 15 is 0 Å². The van der Waals surface area contributed by atoms with Crippen LogP contribution in [0.25, 0.3) is 0 Å². The quantitative estimate of drug-likeness (QED) is 0.810. The van der Waals surface area contributed by atoms with Gasteiger partial charge in [-0.05, 0) is 49.3 Å². The van der Waals surface area contributed by atoms with Crippen LogP contribution in [-0.2, 0) is 4.79 Å². The molecule has 3 rings (SSSR count). The second-order valence-corrected chi connectivity index (χ2v) is 8.52. The molecule has 1 aromatic carbocycles. The molecule has 0 unspecified atom stereocenters. The van der Waals surface area contributed by atoms with E-state index in [4.69, 9.17) is 11.6 Å². The monoisotopic (exact) mass is 324 g/mol. The summed E-state index contributed by atoms with van der Waals surface area (Å²) in [6.07, 6.45) is 9.18. The lowest BCUT2D eigenvalue weighted by atomic mass is 9.58. The van der Waals surface area contributed by atoms with Crippen LogP contribution in [0.1, 0.15) is 51.4 Å². The molecular formula is C17H21ClO2S. The maximum atomic E-state index is 11.9. The molecule has 0 saturated heterocycles. The van der Waals surface area contributed by atoms with Crippen molar-refractivity contribution in [3.05, 3.63) is 29.3 Å². The first-order valence-corrected chi connectivity index (χ1v) is 8.91. The van der Waals surface area contributed by atoms with Crippen LogP contribution in [-0.4, -0.2) is 15.8 Å². The number of hydrogen-bond donors (Lipinski definition) is 1. The van der Waals surface area contributed by atoms with E-state index in [2.05, 4.69) is 0 Å². The van der Waals surface area contributed by atoms with E-state index in [1.54, 1.807) is 0 Å². The van der Waals surface area contributed by atoms with Gasteiger partial charge < -0.3 is 5.11 Å². The van der Waals surface area contributed by atoms with Gasteiger partial charge in [-0.15, -0.1) is 11.8 Å². The second kappa shape index (κ2) is 5.85. The van der Waals surface area contributed by atoms with Crippen LogP contribution in [0.4, 0.5) is 0 Å². The van der Waals surface area contributed by atoms with Gasteiger partial charge in [0.2, 0.25) is 0 Å². The summed E-state index contributed by atoms with van der Waals surface area (Å²) in [5.74, 6) is -0.664. The van der Waals surface area contributed by atoms with Gasteiger partial charge in [-0.2, -0.15) is 0 Å². The molecule has 1 aromatic rings. The first-order chi connectivity index (χ1) is 10.0. The van der Waals surface area contributed by atoms with Gasteiger partial charge in [0.1, 0.15) is 4.75 Å². The van der Waals surface area contributed by atoms with Crippen LogP contribution in [0.2, 0.25) is 5.02 Å². The molecule has 0 aliphatic heterocycles. The molecule has 21 heavy (non-hydrogen) atoms. The number of aliphatic carboxylic acids is 1. The molecule has 2 aliphatic carbocycles. The predicted molar refractivity (Wildman–Crippen MR) is 87.0 cm³/mol. The molecule has 0 aromatic heterocycles. The van der Waals surface area contributed by atoms with Crippen molar-refractivity contribution < 1.29 is 9.90 Å². The zero-order valence-corrected chi connectivity index (χ0v) is 13.7. The minimum absolute atomic E-state index is 0.292. The third kappa shape index (κ3) is 3.09. The SMILES string of the molecule is O=C(O)C1(Sc2cccc(Cl)c2)CC2(CCCCCC2)C1. The Hall–Kier alpha value is -0.670. The number of hydrogen-bond acceptors (Lipinski definition) is 2. The number of rotatable bonds is 3. The smallest absolute Gasteiger partial charge is 0.320 e. The van der Waals surface area contributed by atoms with Crippen molar-refractivity contribution in [3.63, 3.8) is 0 Å². The number of carboxylic acids is 1. The van der Waals surface area contributed by atoms with Crippen molar-refractivity contribution in [1.29, 1.82) is 0 Å². The van der Waals surface area contributed by atoms with Crippen molar-refractivity contribution in [2.24, 2.45) is 5.41 Å².